The first-order valence-corrected chi connectivity index (χ1v) is 7.71. The molecule has 0 aromatic heterocycles. The number of carbonyl (C=O) groups is 1. The first kappa shape index (κ1) is 19.7. The molecule has 1 aromatic rings. The summed E-state index contributed by atoms with van der Waals surface area (Å²) in [5.74, 6) is 0.616. The van der Waals surface area contributed by atoms with E-state index < -0.39 is 0 Å². The monoisotopic (exact) mass is 342 g/mol. The standard InChI is InChI=1S/C17H26N2O3.ClH/c1-17(2)12-19(9-8-15(17)18)16(20)13-6-4-5-7-14(13)22-11-10-21-3;/h4-7,15H,8-12,18H2,1-3H3;1H. The van der Waals surface area contributed by atoms with Crippen LogP contribution in [-0.4, -0.2) is 50.3 Å². The number of hydrogen-bond donors (Lipinski definition) is 1. The highest BCUT2D eigenvalue weighted by Crippen LogP contribution is 2.30. The van der Waals surface area contributed by atoms with E-state index in [1.165, 1.54) is 0 Å². The Hall–Kier alpha value is -1.30. The van der Waals surface area contributed by atoms with Crippen LogP contribution in [0.5, 0.6) is 5.75 Å². The Morgan fingerprint density at radius 2 is 2.04 bits per heavy atom. The van der Waals surface area contributed by atoms with Crippen molar-refractivity contribution >= 4 is 18.3 Å². The van der Waals surface area contributed by atoms with Gasteiger partial charge in [-0.15, -0.1) is 12.4 Å². The molecule has 0 bridgehead atoms. The minimum absolute atomic E-state index is 0. The van der Waals surface area contributed by atoms with Gasteiger partial charge in [-0.25, -0.2) is 0 Å². The molecule has 0 spiro atoms. The number of hydrogen-bond acceptors (Lipinski definition) is 4. The van der Waals surface area contributed by atoms with Crippen molar-refractivity contribution in [2.24, 2.45) is 11.1 Å². The van der Waals surface area contributed by atoms with E-state index in [0.29, 0.717) is 37.6 Å². The summed E-state index contributed by atoms with van der Waals surface area (Å²) in [7, 11) is 1.62. The van der Waals surface area contributed by atoms with E-state index in [1.807, 2.05) is 29.2 Å². The minimum atomic E-state index is -0.0697. The highest BCUT2D eigenvalue weighted by Gasteiger charge is 2.36. The van der Waals surface area contributed by atoms with Crippen LogP contribution in [-0.2, 0) is 4.74 Å². The van der Waals surface area contributed by atoms with Gasteiger partial charge in [0.15, 0.2) is 0 Å². The predicted molar refractivity (Wildman–Crippen MR) is 93.3 cm³/mol. The van der Waals surface area contributed by atoms with Crippen LogP contribution in [0.4, 0.5) is 0 Å². The predicted octanol–water partition coefficient (Wildman–Crippen LogP) is 2.33. The Morgan fingerprint density at radius 1 is 1.35 bits per heavy atom. The zero-order chi connectivity index (χ0) is 16.2. The highest BCUT2D eigenvalue weighted by molar-refractivity contribution is 5.97. The molecule has 5 nitrogen and oxygen atoms in total. The lowest BCUT2D eigenvalue weighted by Crippen LogP contribution is -2.54. The zero-order valence-electron chi connectivity index (χ0n) is 14.1. The molecule has 1 fully saturated rings. The smallest absolute Gasteiger partial charge is 0.257 e. The molecule has 1 aliphatic heterocycles. The van der Waals surface area contributed by atoms with Crippen LogP contribution in [0, 0.1) is 5.41 Å². The van der Waals surface area contributed by atoms with Crippen molar-refractivity contribution in [1.82, 2.24) is 4.90 Å². The summed E-state index contributed by atoms with van der Waals surface area (Å²) in [5.41, 5.74) is 6.68. The van der Waals surface area contributed by atoms with Crippen molar-refractivity contribution < 1.29 is 14.3 Å². The summed E-state index contributed by atoms with van der Waals surface area (Å²) < 4.78 is 10.7. The Kier molecular flexibility index (Phi) is 7.32. The molecule has 0 radical (unpaired) electrons. The maximum absolute atomic E-state index is 12.8. The Morgan fingerprint density at radius 3 is 2.70 bits per heavy atom. The van der Waals surface area contributed by atoms with E-state index in [0.717, 1.165) is 6.42 Å². The van der Waals surface area contributed by atoms with Gasteiger partial charge in [-0.3, -0.25) is 4.79 Å². The lowest BCUT2D eigenvalue weighted by molar-refractivity contribution is 0.0527. The van der Waals surface area contributed by atoms with Crippen LogP contribution < -0.4 is 10.5 Å². The molecule has 1 aromatic carbocycles. The molecular formula is C17H27ClN2O3. The van der Waals surface area contributed by atoms with Gasteiger partial charge in [0.2, 0.25) is 0 Å². The van der Waals surface area contributed by atoms with E-state index in [4.69, 9.17) is 15.2 Å². The number of nitrogens with two attached hydrogens (primary N) is 1. The zero-order valence-corrected chi connectivity index (χ0v) is 14.9. The summed E-state index contributed by atoms with van der Waals surface area (Å²) in [6.07, 6.45) is 0.825. The van der Waals surface area contributed by atoms with Gasteiger partial charge in [-0.1, -0.05) is 26.0 Å². The normalized spacial score (nSPS) is 19.8. The average molecular weight is 343 g/mol. The number of likely N-dealkylation sites (tertiary alicyclic amines) is 1. The van der Waals surface area contributed by atoms with Gasteiger partial charge in [0.25, 0.3) is 5.91 Å². The molecule has 6 heteroatoms. The molecule has 2 rings (SSSR count). The first-order chi connectivity index (χ1) is 10.5. The van der Waals surface area contributed by atoms with Crippen molar-refractivity contribution in [3.8, 4) is 5.75 Å². The SMILES string of the molecule is COCCOc1ccccc1C(=O)N1CCC(N)C(C)(C)C1.Cl. The van der Waals surface area contributed by atoms with E-state index in [9.17, 15) is 4.79 Å². The van der Waals surface area contributed by atoms with Gasteiger partial charge in [-0.05, 0) is 24.0 Å². The summed E-state index contributed by atoms with van der Waals surface area (Å²) in [6, 6.07) is 7.49. The molecule has 1 unspecified atom stereocenters. The van der Waals surface area contributed by atoms with Crippen molar-refractivity contribution in [2.45, 2.75) is 26.3 Å². The molecule has 1 saturated heterocycles. The molecular weight excluding hydrogens is 316 g/mol. The molecule has 130 valence electrons. The molecule has 0 saturated carbocycles. The van der Waals surface area contributed by atoms with Gasteiger partial charge in [-0.2, -0.15) is 0 Å². The Balaban J connectivity index is 0.00000264. The maximum atomic E-state index is 12.8. The lowest BCUT2D eigenvalue weighted by Gasteiger charge is -2.42. The number of nitrogens with zero attached hydrogens (tertiary/aromatic N) is 1. The molecule has 23 heavy (non-hydrogen) atoms. The van der Waals surface area contributed by atoms with Crippen LogP contribution >= 0.6 is 12.4 Å². The Bertz CT molecular complexity index is 522. The third-order valence-electron chi connectivity index (χ3n) is 4.26. The minimum Gasteiger partial charge on any atom is -0.490 e. The van der Waals surface area contributed by atoms with Crippen molar-refractivity contribution in [3.05, 3.63) is 29.8 Å². The van der Waals surface area contributed by atoms with Crippen LogP contribution in [0.25, 0.3) is 0 Å². The molecule has 1 aliphatic rings. The second kappa shape index (κ2) is 8.52. The van der Waals surface area contributed by atoms with Gasteiger partial charge in [0.1, 0.15) is 12.4 Å². The second-order valence-corrected chi connectivity index (χ2v) is 6.45. The third kappa shape index (κ3) is 4.83. The molecule has 1 amide bonds. The number of para-hydroxylation sites is 1. The summed E-state index contributed by atoms with van der Waals surface area (Å²) in [4.78, 5) is 14.7. The molecule has 0 aliphatic carbocycles. The van der Waals surface area contributed by atoms with Gasteiger partial charge in [0, 0.05) is 26.2 Å². The van der Waals surface area contributed by atoms with Crippen molar-refractivity contribution in [3.63, 3.8) is 0 Å². The first-order valence-electron chi connectivity index (χ1n) is 7.71. The van der Waals surface area contributed by atoms with Crippen LogP contribution in [0.3, 0.4) is 0 Å². The fraction of sp³-hybridized carbons (Fsp3) is 0.588. The van der Waals surface area contributed by atoms with E-state index >= 15 is 0 Å². The number of halogens is 1. The average Bonchev–Trinajstić information content (AvgIpc) is 2.50. The molecule has 2 N–H and O–H groups in total. The molecule has 1 atom stereocenters. The lowest BCUT2D eigenvalue weighted by atomic mass is 9.79. The second-order valence-electron chi connectivity index (χ2n) is 6.45. The summed E-state index contributed by atoms with van der Waals surface area (Å²) in [6.45, 7) is 6.50. The Labute approximate surface area is 144 Å². The fourth-order valence-corrected chi connectivity index (χ4v) is 2.72. The van der Waals surface area contributed by atoms with E-state index in [2.05, 4.69) is 13.8 Å². The fourth-order valence-electron chi connectivity index (χ4n) is 2.72. The quantitative estimate of drug-likeness (QED) is 0.834. The van der Waals surface area contributed by atoms with Crippen molar-refractivity contribution in [2.75, 3.05) is 33.4 Å². The summed E-state index contributed by atoms with van der Waals surface area (Å²) in [5, 5.41) is 0. The maximum Gasteiger partial charge on any atom is 0.257 e. The number of piperidine rings is 1. The van der Waals surface area contributed by atoms with Gasteiger partial charge in [0.05, 0.1) is 12.2 Å². The number of rotatable bonds is 5. The van der Waals surface area contributed by atoms with E-state index in [-0.39, 0.29) is 29.8 Å². The largest absolute Gasteiger partial charge is 0.490 e. The number of benzene rings is 1. The number of amides is 1. The van der Waals surface area contributed by atoms with Crippen LogP contribution in [0.2, 0.25) is 0 Å². The number of methoxy groups -OCH3 is 1. The van der Waals surface area contributed by atoms with Gasteiger partial charge >= 0.3 is 0 Å². The third-order valence-corrected chi connectivity index (χ3v) is 4.26. The highest BCUT2D eigenvalue weighted by atomic mass is 35.5. The topological polar surface area (TPSA) is 64.8 Å². The van der Waals surface area contributed by atoms with Crippen LogP contribution in [0.1, 0.15) is 30.6 Å². The van der Waals surface area contributed by atoms with Crippen LogP contribution in [0.15, 0.2) is 24.3 Å². The number of carbonyl (C=O) groups excluding carboxylic acids is 1. The number of ether oxygens (including phenoxy) is 2. The van der Waals surface area contributed by atoms with E-state index in [1.54, 1.807) is 7.11 Å². The summed E-state index contributed by atoms with van der Waals surface area (Å²) >= 11 is 0. The molecule has 1 heterocycles. The van der Waals surface area contributed by atoms with Crippen molar-refractivity contribution in [1.29, 1.82) is 0 Å². The van der Waals surface area contributed by atoms with Gasteiger partial charge < -0.3 is 20.1 Å².